The average molecular weight is 1540 g/mol. The molecule has 3 heterocycles. The zero-order chi connectivity index (χ0) is 79.4. The summed E-state index contributed by atoms with van der Waals surface area (Å²) in [6, 6.07) is 86.7. The van der Waals surface area contributed by atoms with Gasteiger partial charge in [-0.15, -0.1) is 0 Å². The second-order valence-corrected chi connectivity index (χ2v) is 31.3. The molecule has 4 atom stereocenters. The number of aliphatic hydroxyl groups excluding tert-OH is 1. The maximum atomic E-state index is 11.6. The van der Waals surface area contributed by atoms with E-state index < -0.39 is 6.10 Å². The van der Waals surface area contributed by atoms with Gasteiger partial charge < -0.3 is 39.4 Å². The number of phenolic OH excluding ortho intramolecular Hbond substituents is 3. The second-order valence-electron chi connectivity index (χ2n) is 31.3. The summed E-state index contributed by atoms with van der Waals surface area (Å²) in [5, 5.41) is 71.0. The molecule has 14 nitrogen and oxygen atoms in total. The van der Waals surface area contributed by atoms with Crippen molar-refractivity contribution in [2.45, 2.75) is 91.5 Å². The maximum Gasteiger partial charge on any atom is 0.181 e. The van der Waals surface area contributed by atoms with E-state index in [1.54, 1.807) is 24.3 Å². The molecule has 21 rings (SSSR count). The maximum absolute atomic E-state index is 11.6. The SMILES string of the molecule is CCCCC(CC)COC1CO1.CCCCC(CC)COCC(O)COc1ccc(-c2nc(-c3ccc4ccc5cccc6ccc3c4c56)nc(-c3ccc4ccc5cccc6ccc3c4c56)n2)c(O)c1.Oc1ccc(-c2nc(-c3ccc4ccc5cccc6ccc3c4c56)nc(-c3ccc4ccc5cccc6ccc3c4c56)n2)c(O)c1. The van der Waals surface area contributed by atoms with Gasteiger partial charge in [-0.3, -0.25) is 0 Å². The molecule has 1 aliphatic heterocycles. The second kappa shape index (κ2) is 31.8. The Labute approximate surface area is 677 Å². The van der Waals surface area contributed by atoms with Crippen molar-refractivity contribution < 1.29 is 39.4 Å². The molecular formula is C103H88N6O8. The number of benzene rings is 18. The molecule has 0 saturated carbocycles. The molecule has 0 radical (unpaired) electrons. The van der Waals surface area contributed by atoms with E-state index in [1.807, 2.05) is 0 Å². The van der Waals surface area contributed by atoms with Crippen LogP contribution in [0.25, 0.3) is 198 Å². The van der Waals surface area contributed by atoms with Crippen LogP contribution in [0, 0.1) is 11.8 Å². The minimum Gasteiger partial charge on any atom is -0.508 e. The summed E-state index contributed by atoms with van der Waals surface area (Å²) in [6.07, 6.45) is 9.02. The highest BCUT2D eigenvalue weighted by Gasteiger charge is 2.27. The molecule has 14 heteroatoms. The molecule has 1 aliphatic rings. The minimum absolute atomic E-state index is 0.0330. The number of aromatic nitrogens is 6. The lowest BCUT2D eigenvalue weighted by atomic mass is 9.91. The molecule has 20 aromatic rings. The predicted octanol–water partition coefficient (Wildman–Crippen LogP) is 25.0. The number of aliphatic hydroxyl groups is 1. The lowest BCUT2D eigenvalue weighted by Crippen LogP contribution is -2.25. The Balaban J connectivity index is 0.000000139. The fraction of sp³-hybridized carbons (Fsp3) is 0.204. The van der Waals surface area contributed by atoms with E-state index in [-0.39, 0.29) is 36.8 Å². The van der Waals surface area contributed by atoms with Crippen molar-refractivity contribution >= 4 is 129 Å². The Morgan fingerprint density at radius 3 is 0.957 bits per heavy atom. The van der Waals surface area contributed by atoms with Crippen LogP contribution < -0.4 is 4.74 Å². The van der Waals surface area contributed by atoms with Crippen molar-refractivity contribution in [3.8, 4) is 91.3 Å². The van der Waals surface area contributed by atoms with Gasteiger partial charge in [0.05, 0.1) is 24.3 Å². The summed E-state index contributed by atoms with van der Waals surface area (Å²) in [5.41, 5.74) is 4.38. The Bertz CT molecular complexity index is 6670. The molecule has 0 amide bonds. The third-order valence-corrected chi connectivity index (χ3v) is 23.8. The molecule has 0 bridgehead atoms. The number of phenols is 3. The minimum atomic E-state index is -0.801. The number of unbranched alkanes of at least 4 members (excludes halogenated alkanes) is 2. The van der Waals surface area contributed by atoms with Crippen molar-refractivity contribution in [2.24, 2.45) is 11.8 Å². The van der Waals surface area contributed by atoms with E-state index in [1.165, 1.54) is 130 Å². The predicted molar refractivity (Wildman–Crippen MR) is 477 cm³/mol. The monoisotopic (exact) mass is 1540 g/mol. The van der Waals surface area contributed by atoms with Gasteiger partial charge in [0.1, 0.15) is 42.3 Å². The highest BCUT2D eigenvalue weighted by atomic mass is 16.8. The first kappa shape index (κ1) is 74.3. The van der Waals surface area contributed by atoms with E-state index >= 15 is 0 Å². The number of nitrogens with zero attached hydrogens (tertiary/aromatic N) is 6. The number of ether oxygens (including phenoxy) is 4. The Kier molecular flexibility index (Phi) is 20.2. The first-order valence-corrected chi connectivity index (χ1v) is 41.1. The number of aromatic hydroxyl groups is 3. The quantitative estimate of drug-likeness (QED) is 0.0329. The Hall–Kier alpha value is -12.8. The van der Waals surface area contributed by atoms with E-state index in [9.17, 15) is 20.4 Å². The van der Waals surface area contributed by atoms with Crippen LogP contribution in [0.2, 0.25) is 0 Å². The molecule has 1 fully saturated rings. The van der Waals surface area contributed by atoms with Crippen LogP contribution in [0.5, 0.6) is 23.0 Å². The molecule has 4 N–H and O–H groups in total. The molecule has 18 aromatic carbocycles. The van der Waals surface area contributed by atoms with Gasteiger partial charge in [-0.05, 0) is 202 Å². The van der Waals surface area contributed by atoms with Crippen LogP contribution in [-0.4, -0.2) is 95.8 Å². The van der Waals surface area contributed by atoms with Crippen molar-refractivity contribution in [2.75, 3.05) is 33.0 Å². The summed E-state index contributed by atoms with van der Waals surface area (Å²) >= 11 is 0. The van der Waals surface area contributed by atoms with Crippen molar-refractivity contribution in [1.29, 1.82) is 0 Å². The van der Waals surface area contributed by atoms with Gasteiger partial charge in [-0.1, -0.05) is 260 Å². The molecule has 0 spiro atoms. The van der Waals surface area contributed by atoms with E-state index in [0.29, 0.717) is 64.3 Å². The first-order valence-electron chi connectivity index (χ1n) is 41.1. The van der Waals surface area contributed by atoms with Crippen LogP contribution >= 0.6 is 0 Å². The molecule has 578 valence electrons. The summed E-state index contributed by atoms with van der Waals surface area (Å²) in [6.45, 7) is 11.4. The first-order chi connectivity index (χ1) is 57.4. The zero-order valence-corrected chi connectivity index (χ0v) is 65.9. The van der Waals surface area contributed by atoms with Gasteiger partial charge >= 0.3 is 0 Å². The lowest BCUT2D eigenvalue weighted by molar-refractivity contribution is -0.00111. The van der Waals surface area contributed by atoms with Gasteiger partial charge in [-0.2, -0.15) is 0 Å². The number of hydrogen-bond donors (Lipinski definition) is 4. The smallest absolute Gasteiger partial charge is 0.181 e. The number of epoxide rings is 1. The third kappa shape index (κ3) is 14.3. The lowest BCUT2D eigenvalue weighted by Gasteiger charge is -2.17. The van der Waals surface area contributed by atoms with E-state index in [2.05, 4.69) is 246 Å². The van der Waals surface area contributed by atoms with Gasteiger partial charge in [-0.25, -0.2) is 29.9 Å². The Morgan fingerprint density at radius 2 is 0.632 bits per heavy atom. The van der Waals surface area contributed by atoms with Crippen molar-refractivity contribution in [1.82, 2.24) is 29.9 Å². The topological polar surface area (TPSA) is 198 Å². The van der Waals surface area contributed by atoms with Gasteiger partial charge in [0.2, 0.25) is 0 Å². The summed E-state index contributed by atoms with van der Waals surface area (Å²) in [7, 11) is 0. The third-order valence-electron chi connectivity index (χ3n) is 23.8. The van der Waals surface area contributed by atoms with Crippen LogP contribution in [0.1, 0.15) is 79.1 Å². The van der Waals surface area contributed by atoms with Gasteiger partial charge in [0.15, 0.2) is 41.2 Å². The van der Waals surface area contributed by atoms with E-state index in [4.69, 9.17) is 48.9 Å². The molecule has 117 heavy (non-hydrogen) atoms. The molecular weight excluding hydrogens is 1450 g/mol. The molecule has 0 aliphatic carbocycles. The van der Waals surface area contributed by atoms with Crippen molar-refractivity contribution in [3.63, 3.8) is 0 Å². The number of hydrogen-bond acceptors (Lipinski definition) is 14. The average Bonchev–Trinajstić information content (AvgIpc) is 0.890. The molecule has 1 saturated heterocycles. The molecule has 2 aromatic heterocycles. The fourth-order valence-electron chi connectivity index (χ4n) is 17.5. The largest absolute Gasteiger partial charge is 0.508 e. The van der Waals surface area contributed by atoms with E-state index in [0.717, 1.165) is 104 Å². The summed E-state index contributed by atoms with van der Waals surface area (Å²) in [5.74, 6) is 4.20. The van der Waals surface area contributed by atoms with Gasteiger partial charge in [0.25, 0.3) is 0 Å². The van der Waals surface area contributed by atoms with Crippen LogP contribution in [0.15, 0.2) is 255 Å². The standard InChI is InChI=1S/C52H45N3O4.C41H23N3O2.C10H20O2/c1-3-5-8-31(4-2)28-58-29-38(56)30-59-39-21-26-44(45(57)27-39)52-54-50(42-24-19-36-15-13-32-9-6-11-34-17-22-40(42)48(36)46(32)34)53-51(55-52)43-25-20-37-16-14-33-10-7-12-35-18-23-41(43)49(37)47(33)35;45-28-15-20-33(34(46)21-28)41-43-39(31-18-13-26-9-7-22-3-1-5-24-11-16-29(31)37(26)35(22)24)42-40(44-41)32-19-14-27-10-8-23-4-2-6-25-12-17-30(32)38(27)36(23)25;1-3-5-6-9(4-2)7-11-10-8-12-10/h6-7,9-27,31,38,56-57H,3-5,8,28-30H2,1-2H3;1-21,45-46H;9-10H,3-8H2,1-2H3. The molecule has 4 unspecified atom stereocenters. The number of rotatable bonds is 24. The highest BCUT2D eigenvalue weighted by Crippen LogP contribution is 2.46. The van der Waals surface area contributed by atoms with Crippen LogP contribution in [-0.2, 0) is 14.2 Å². The van der Waals surface area contributed by atoms with Gasteiger partial charge in [0, 0.05) is 41.0 Å². The van der Waals surface area contributed by atoms with Crippen LogP contribution in [0.3, 0.4) is 0 Å². The normalized spacial score (nSPS) is 13.8. The van der Waals surface area contributed by atoms with Crippen molar-refractivity contribution in [3.05, 3.63) is 255 Å². The van der Waals surface area contributed by atoms with Crippen LogP contribution in [0.4, 0.5) is 0 Å². The summed E-state index contributed by atoms with van der Waals surface area (Å²) in [4.78, 5) is 30.5. The Morgan fingerprint density at radius 1 is 0.333 bits per heavy atom. The zero-order valence-electron chi connectivity index (χ0n) is 65.9. The highest BCUT2D eigenvalue weighted by molar-refractivity contribution is 6.29. The fourth-order valence-corrected chi connectivity index (χ4v) is 17.5. The summed E-state index contributed by atoms with van der Waals surface area (Å²) < 4.78 is 22.3.